The summed E-state index contributed by atoms with van der Waals surface area (Å²) in [6.07, 6.45) is 6.13. The van der Waals surface area contributed by atoms with E-state index >= 15 is 0 Å². The fourth-order valence-electron chi connectivity index (χ4n) is 3.99. The van der Waals surface area contributed by atoms with Crippen LogP contribution in [0.3, 0.4) is 0 Å². The average Bonchev–Trinajstić information content (AvgIpc) is 2.91. The SMILES string of the molecule is Cc1ccc(C(=O)N2CCC[C@@H](C)C2)cc1S(=O)(=O)N1CCCCCC1. The van der Waals surface area contributed by atoms with Crippen molar-refractivity contribution in [2.45, 2.75) is 57.3 Å². The lowest BCUT2D eigenvalue weighted by molar-refractivity contribution is 0.0683. The van der Waals surface area contributed by atoms with Crippen molar-refractivity contribution in [2.75, 3.05) is 26.2 Å². The molecule has 5 nitrogen and oxygen atoms in total. The maximum absolute atomic E-state index is 13.2. The third-order valence-electron chi connectivity index (χ3n) is 5.56. The highest BCUT2D eigenvalue weighted by Crippen LogP contribution is 2.25. The van der Waals surface area contributed by atoms with Gasteiger partial charge in [-0.1, -0.05) is 25.8 Å². The van der Waals surface area contributed by atoms with E-state index in [1.165, 1.54) is 0 Å². The largest absolute Gasteiger partial charge is 0.338 e. The molecule has 1 aromatic carbocycles. The summed E-state index contributed by atoms with van der Waals surface area (Å²) < 4.78 is 27.9. The topological polar surface area (TPSA) is 57.7 Å². The third kappa shape index (κ3) is 4.12. The number of carbonyl (C=O) groups excluding carboxylic acids is 1. The lowest BCUT2D eigenvalue weighted by Crippen LogP contribution is -2.39. The zero-order valence-electron chi connectivity index (χ0n) is 15.9. The number of amides is 1. The molecule has 0 spiro atoms. The van der Waals surface area contributed by atoms with Crippen molar-refractivity contribution in [3.8, 4) is 0 Å². The minimum atomic E-state index is -3.55. The summed E-state index contributed by atoms with van der Waals surface area (Å²) in [5.41, 5.74) is 1.19. The smallest absolute Gasteiger partial charge is 0.253 e. The second-order valence-electron chi connectivity index (χ2n) is 7.80. The number of sulfonamides is 1. The van der Waals surface area contributed by atoms with Crippen LogP contribution >= 0.6 is 0 Å². The summed E-state index contributed by atoms with van der Waals surface area (Å²) in [4.78, 5) is 15.0. The lowest BCUT2D eigenvalue weighted by Gasteiger charge is -2.31. The number of piperidine rings is 1. The van der Waals surface area contributed by atoms with Gasteiger partial charge in [-0.15, -0.1) is 0 Å². The lowest BCUT2D eigenvalue weighted by atomic mass is 9.99. The van der Waals surface area contributed by atoms with Gasteiger partial charge in [0.1, 0.15) is 0 Å². The van der Waals surface area contributed by atoms with E-state index in [-0.39, 0.29) is 10.8 Å². The fourth-order valence-corrected chi connectivity index (χ4v) is 5.76. The van der Waals surface area contributed by atoms with Crippen LogP contribution in [0.1, 0.15) is 61.4 Å². The number of hydrogen-bond acceptors (Lipinski definition) is 3. The minimum Gasteiger partial charge on any atom is -0.338 e. The molecular formula is C20H30N2O3S. The molecule has 6 heteroatoms. The van der Waals surface area contributed by atoms with E-state index < -0.39 is 10.0 Å². The molecule has 2 heterocycles. The van der Waals surface area contributed by atoms with E-state index in [1.807, 2.05) is 11.8 Å². The van der Waals surface area contributed by atoms with Crippen molar-refractivity contribution in [3.05, 3.63) is 29.3 Å². The second kappa shape index (κ2) is 8.09. The first-order chi connectivity index (χ1) is 12.4. The molecule has 1 atom stereocenters. The van der Waals surface area contributed by atoms with Gasteiger partial charge in [-0.2, -0.15) is 4.31 Å². The molecular weight excluding hydrogens is 348 g/mol. The quantitative estimate of drug-likeness (QED) is 0.810. The van der Waals surface area contributed by atoms with Crippen LogP contribution in [0.2, 0.25) is 0 Å². The molecule has 2 aliphatic rings. The van der Waals surface area contributed by atoms with E-state index in [0.29, 0.717) is 30.1 Å². The van der Waals surface area contributed by atoms with Gasteiger partial charge in [0.15, 0.2) is 0 Å². The van der Waals surface area contributed by atoms with Crippen molar-refractivity contribution in [2.24, 2.45) is 5.92 Å². The molecule has 0 unspecified atom stereocenters. The van der Waals surface area contributed by atoms with Gasteiger partial charge in [-0.3, -0.25) is 4.79 Å². The van der Waals surface area contributed by atoms with E-state index in [4.69, 9.17) is 0 Å². The molecule has 2 saturated heterocycles. The Bertz CT molecular complexity index is 752. The number of benzene rings is 1. The number of rotatable bonds is 3. The Hall–Kier alpha value is -1.40. The van der Waals surface area contributed by atoms with Gasteiger partial charge in [0, 0.05) is 31.7 Å². The molecule has 0 radical (unpaired) electrons. The van der Waals surface area contributed by atoms with Crippen LogP contribution in [0.5, 0.6) is 0 Å². The van der Waals surface area contributed by atoms with Gasteiger partial charge >= 0.3 is 0 Å². The van der Waals surface area contributed by atoms with Crippen LogP contribution in [0.4, 0.5) is 0 Å². The summed E-state index contributed by atoms with van der Waals surface area (Å²) in [7, 11) is -3.55. The molecule has 1 amide bonds. The highest BCUT2D eigenvalue weighted by Gasteiger charge is 2.29. The summed E-state index contributed by atoms with van der Waals surface area (Å²) in [5.74, 6) is 0.447. The average molecular weight is 379 g/mol. The Morgan fingerprint density at radius 2 is 1.73 bits per heavy atom. The summed E-state index contributed by atoms with van der Waals surface area (Å²) in [6.45, 7) is 6.62. The molecule has 3 rings (SSSR count). The molecule has 0 aliphatic carbocycles. The first-order valence-electron chi connectivity index (χ1n) is 9.79. The van der Waals surface area contributed by atoms with Gasteiger partial charge in [-0.25, -0.2) is 8.42 Å². The van der Waals surface area contributed by atoms with Crippen molar-refractivity contribution in [3.63, 3.8) is 0 Å². The summed E-state index contributed by atoms with van der Waals surface area (Å²) in [6, 6.07) is 5.13. The molecule has 2 aliphatic heterocycles. The van der Waals surface area contributed by atoms with Crippen LogP contribution < -0.4 is 0 Å². The van der Waals surface area contributed by atoms with E-state index in [9.17, 15) is 13.2 Å². The van der Waals surface area contributed by atoms with Crippen molar-refractivity contribution in [1.82, 2.24) is 9.21 Å². The summed E-state index contributed by atoms with van der Waals surface area (Å²) in [5, 5.41) is 0. The van der Waals surface area contributed by atoms with Crippen LogP contribution in [-0.2, 0) is 10.0 Å². The zero-order chi connectivity index (χ0) is 18.7. The Kier molecular flexibility index (Phi) is 6.03. The third-order valence-corrected chi connectivity index (χ3v) is 7.60. The highest BCUT2D eigenvalue weighted by atomic mass is 32.2. The van der Waals surface area contributed by atoms with Gasteiger partial charge in [0.2, 0.25) is 10.0 Å². The first-order valence-corrected chi connectivity index (χ1v) is 11.2. The predicted molar refractivity (Wildman–Crippen MR) is 103 cm³/mol. The summed E-state index contributed by atoms with van der Waals surface area (Å²) >= 11 is 0. The number of carbonyl (C=O) groups is 1. The van der Waals surface area contributed by atoms with E-state index in [0.717, 1.165) is 51.6 Å². The van der Waals surface area contributed by atoms with E-state index in [1.54, 1.807) is 22.5 Å². The Morgan fingerprint density at radius 3 is 2.38 bits per heavy atom. The Morgan fingerprint density at radius 1 is 1.04 bits per heavy atom. The highest BCUT2D eigenvalue weighted by molar-refractivity contribution is 7.89. The maximum Gasteiger partial charge on any atom is 0.253 e. The van der Waals surface area contributed by atoms with Crippen LogP contribution in [0.25, 0.3) is 0 Å². The van der Waals surface area contributed by atoms with Gasteiger partial charge in [0.05, 0.1) is 4.90 Å². The standard InChI is InChI=1S/C20H30N2O3S/c1-16-8-7-11-21(15-16)20(23)18-10-9-17(2)19(14-18)26(24,25)22-12-5-3-4-6-13-22/h9-10,14,16H,3-8,11-13,15H2,1-2H3/t16-/m1/s1. The Balaban J connectivity index is 1.88. The second-order valence-corrected chi connectivity index (χ2v) is 9.70. The first kappa shape index (κ1) is 19.4. The molecule has 2 fully saturated rings. The Labute approximate surface area is 157 Å². The van der Waals surface area contributed by atoms with Crippen molar-refractivity contribution in [1.29, 1.82) is 0 Å². The van der Waals surface area contributed by atoms with Crippen molar-refractivity contribution < 1.29 is 13.2 Å². The number of aryl methyl sites for hydroxylation is 1. The fraction of sp³-hybridized carbons (Fsp3) is 0.650. The predicted octanol–water partition coefficient (Wildman–Crippen LogP) is 3.43. The molecule has 26 heavy (non-hydrogen) atoms. The molecule has 0 bridgehead atoms. The van der Waals surface area contributed by atoms with Crippen LogP contribution in [0.15, 0.2) is 23.1 Å². The van der Waals surface area contributed by atoms with Crippen LogP contribution in [0, 0.1) is 12.8 Å². The molecule has 0 aromatic heterocycles. The van der Waals surface area contributed by atoms with Gasteiger partial charge in [-0.05, 0) is 56.2 Å². The molecule has 1 aromatic rings. The van der Waals surface area contributed by atoms with Crippen LogP contribution in [-0.4, -0.2) is 49.7 Å². The number of likely N-dealkylation sites (tertiary alicyclic amines) is 1. The van der Waals surface area contributed by atoms with Gasteiger partial charge < -0.3 is 4.90 Å². The van der Waals surface area contributed by atoms with Gasteiger partial charge in [0.25, 0.3) is 5.91 Å². The molecule has 0 N–H and O–H groups in total. The molecule has 144 valence electrons. The van der Waals surface area contributed by atoms with E-state index in [2.05, 4.69) is 6.92 Å². The number of nitrogens with zero attached hydrogens (tertiary/aromatic N) is 2. The monoisotopic (exact) mass is 378 g/mol. The maximum atomic E-state index is 13.2. The normalized spacial score (nSPS) is 22.8. The molecule has 0 saturated carbocycles. The zero-order valence-corrected chi connectivity index (χ0v) is 16.7. The minimum absolute atomic E-state index is 0.0520. The number of hydrogen-bond donors (Lipinski definition) is 0. The van der Waals surface area contributed by atoms with Crippen molar-refractivity contribution >= 4 is 15.9 Å².